The van der Waals surface area contributed by atoms with Gasteiger partial charge in [-0.1, -0.05) is 84.9 Å². The van der Waals surface area contributed by atoms with Gasteiger partial charge in [0.25, 0.3) is 0 Å². The summed E-state index contributed by atoms with van der Waals surface area (Å²) in [4.78, 5) is 12.4. The Hall–Kier alpha value is -2.93. The van der Waals surface area contributed by atoms with E-state index in [0.29, 0.717) is 6.42 Å². The third-order valence-electron chi connectivity index (χ3n) is 4.27. The summed E-state index contributed by atoms with van der Waals surface area (Å²) in [5, 5.41) is 4.92. The maximum atomic E-state index is 12.4. The minimum absolute atomic E-state index is 0.158. The first kappa shape index (κ1) is 13.7. The van der Waals surface area contributed by atoms with E-state index in [1.807, 2.05) is 30.3 Å². The molecule has 0 amide bonds. The number of fused-ring (bicyclic) bond motifs is 3. The number of hydrogen-bond acceptors (Lipinski definition) is 1. The van der Waals surface area contributed by atoms with Crippen LogP contribution in [0.1, 0.15) is 15.9 Å². The van der Waals surface area contributed by atoms with Crippen molar-refractivity contribution in [1.82, 2.24) is 0 Å². The summed E-state index contributed by atoms with van der Waals surface area (Å²) in [5.74, 6) is 0.158. The van der Waals surface area contributed by atoms with Gasteiger partial charge in [-0.25, -0.2) is 0 Å². The van der Waals surface area contributed by atoms with Crippen LogP contribution in [0, 0.1) is 0 Å². The Bertz CT molecular complexity index is 1000. The standard InChI is InChI=1S/C22H16O/c23-22(18-7-2-1-3-8-18)15-16-10-13-21-19(14-16)12-11-17-6-4-5-9-20(17)21/h1-14H,15H2. The van der Waals surface area contributed by atoms with Crippen LogP contribution < -0.4 is 0 Å². The second-order valence-electron chi connectivity index (χ2n) is 5.81. The SMILES string of the molecule is O=C(Cc1ccc2c(ccc3ccccc32)c1)c1ccccc1. The van der Waals surface area contributed by atoms with Crippen molar-refractivity contribution in [1.29, 1.82) is 0 Å². The highest BCUT2D eigenvalue weighted by Crippen LogP contribution is 2.26. The molecule has 4 aromatic rings. The highest BCUT2D eigenvalue weighted by molar-refractivity contribution is 6.08. The third kappa shape index (κ3) is 2.62. The first-order chi connectivity index (χ1) is 11.3. The predicted octanol–water partition coefficient (Wildman–Crippen LogP) is 5.42. The summed E-state index contributed by atoms with van der Waals surface area (Å²) in [6.45, 7) is 0. The van der Waals surface area contributed by atoms with Crippen LogP contribution in [0.4, 0.5) is 0 Å². The van der Waals surface area contributed by atoms with E-state index in [1.54, 1.807) is 0 Å². The van der Waals surface area contributed by atoms with E-state index >= 15 is 0 Å². The van der Waals surface area contributed by atoms with E-state index in [-0.39, 0.29) is 5.78 Å². The van der Waals surface area contributed by atoms with E-state index in [1.165, 1.54) is 21.5 Å². The Morgan fingerprint density at radius 3 is 2.22 bits per heavy atom. The molecule has 4 aromatic carbocycles. The van der Waals surface area contributed by atoms with Gasteiger partial charge in [-0.15, -0.1) is 0 Å². The Kier molecular flexibility index (Phi) is 3.39. The van der Waals surface area contributed by atoms with Crippen LogP contribution in [-0.4, -0.2) is 5.78 Å². The highest BCUT2D eigenvalue weighted by atomic mass is 16.1. The molecule has 0 N–H and O–H groups in total. The van der Waals surface area contributed by atoms with E-state index in [4.69, 9.17) is 0 Å². The van der Waals surface area contributed by atoms with Crippen LogP contribution in [0.2, 0.25) is 0 Å². The lowest BCUT2D eigenvalue weighted by Gasteiger charge is -2.07. The average Bonchev–Trinajstić information content (AvgIpc) is 2.62. The molecule has 1 nitrogen and oxygen atoms in total. The van der Waals surface area contributed by atoms with Gasteiger partial charge in [0.15, 0.2) is 5.78 Å². The smallest absolute Gasteiger partial charge is 0.167 e. The molecule has 0 saturated heterocycles. The summed E-state index contributed by atoms with van der Waals surface area (Å²) in [5.41, 5.74) is 1.83. The molecule has 0 atom stereocenters. The van der Waals surface area contributed by atoms with Gasteiger partial charge in [-0.2, -0.15) is 0 Å². The first-order valence-electron chi connectivity index (χ1n) is 7.80. The number of carbonyl (C=O) groups is 1. The summed E-state index contributed by atoms with van der Waals surface area (Å²) in [7, 11) is 0. The first-order valence-corrected chi connectivity index (χ1v) is 7.80. The number of rotatable bonds is 3. The second-order valence-corrected chi connectivity index (χ2v) is 5.81. The fraction of sp³-hybridized carbons (Fsp3) is 0.0455. The Morgan fingerprint density at radius 1 is 0.652 bits per heavy atom. The van der Waals surface area contributed by atoms with Crippen LogP contribution in [0.5, 0.6) is 0 Å². The number of Topliss-reactive ketones (excluding diaryl/α,β-unsaturated/α-hetero) is 1. The molecule has 110 valence electrons. The minimum Gasteiger partial charge on any atom is -0.294 e. The summed E-state index contributed by atoms with van der Waals surface area (Å²) < 4.78 is 0. The molecule has 23 heavy (non-hydrogen) atoms. The lowest BCUT2D eigenvalue weighted by molar-refractivity contribution is 0.0993. The van der Waals surface area contributed by atoms with Crippen LogP contribution in [0.25, 0.3) is 21.5 Å². The molecular formula is C22H16O. The van der Waals surface area contributed by atoms with Gasteiger partial charge < -0.3 is 0 Å². The molecule has 0 fully saturated rings. The van der Waals surface area contributed by atoms with Gasteiger partial charge >= 0.3 is 0 Å². The third-order valence-corrected chi connectivity index (χ3v) is 4.27. The molecule has 4 rings (SSSR count). The summed E-state index contributed by atoms with van der Waals surface area (Å²) >= 11 is 0. The van der Waals surface area contributed by atoms with Crippen molar-refractivity contribution in [2.45, 2.75) is 6.42 Å². The van der Waals surface area contributed by atoms with Gasteiger partial charge in [0.1, 0.15) is 0 Å². The maximum Gasteiger partial charge on any atom is 0.167 e. The Balaban J connectivity index is 1.72. The van der Waals surface area contributed by atoms with Crippen molar-refractivity contribution in [2.24, 2.45) is 0 Å². The second kappa shape index (κ2) is 5.69. The fourth-order valence-electron chi connectivity index (χ4n) is 3.08. The Morgan fingerprint density at radius 2 is 1.35 bits per heavy atom. The number of carbonyl (C=O) groups excluding carboxylic acids is 1. The monoisotopic (exact) mass is 296 g/mol. The minimum atomic E-state index is 0.158. The van der Waals surface area contributed by atoms with Crippen molar-refractivity contribution in [3.05, 3.63) is 96.1 Å². The lowest BCUT2D eigenvalue weighted by Crippen LogP contribution is -2.03. The van der Waals surface area contributed by atoms with E-state index in [0.717, 1.165) is 11.1 Å². The van der Waals surface area contributed by atoms with Crippen LogP contribution in [0.3, 0.4) is 0 Å². The van der Waals surface area contributed by atoms with Crippen LogP contribution in [0.15, 0.2) is 84.9 Å². The zero-order valence-corrected chi connectivity index (χ0v) is 12.7. The van der Waals surface area contributed by atoms with Crippen LogP contribution in [-0.2, 0) is 6.42 Å². The molecule has 0 radical (unpaired) electrons. The van der Waals surface area contributed by atoms with Gasteiger partial charge in [0.2, 0.25) is 0 Å². The Labute approximate surface area is 135 Å². The molecule has 0 aliphatic rings. The van der Waals surface area contributed by atoms with Crippen LogP contribution >= 0.6 is 0 Å². The zero-order chi connectivity index (χ0) is 15.6. The van der Waals surface area contributed by atoms with Crippen molar-refractivity contribution in [3.63, 3.8) is 0 Å². The van der Waals surface area contributed by atoms with Gasteiger partial charge in [-0.05, 0) is 27.1 Å². The van der Waals surface area contributed by atoms with E-state index < -0.39 is 0 Å². The molecule has 0 aromatic heterocycles. The quantitative estimate of drug-likeness (QED) is 0.364. The van der Waals surface area contributed by atoms with Gasteiger partial charge in [0.05, 0.1) is 0 Å². The molecule has 0 saturated carbocycles. The van der Waals surface area contributed by atoms with Crippen molar-refractivity contribution in [2.75, 3.05) is 0 Å². The topological polar surface area (TPSA) is 17.1 Å². The van der Waals surface area contributed by atoms with Crippen molar-refractivity contribution in [3.8, 4) is 0 Å². The number of hydrogen-bond donors (Lipinski definition) is 0. The molecule has 1 heteroatoms. The number of benzene rings is 4. The van der Waals surface area contributed by atoms with Crippen molar-refractivity contribution < 1.29 is 4.79 Å². The molecule has 0 aliphatic heterocycles. The van der Waals surface area contributed by atoms with Crippen molar-refractivity contribution >= 4 is 27.3 Å². The molecule has 0 aliphatic carbocycles. The average molecular weight is 296 g/mol. The van der Waals surface area contributed by atoms with E-state index in [2.05, 4.69) is 54.6 Å². The molecule has 0 unspecified atom stereocenters. The maximum absolute atomic E-state index is 12.4. The zero-order valence-electron chi connectivity index (χ0n) is 12.7. The summed E-state index contributed by atoms with van der Waals surface area (Å²) in [6.07, 6.45) is 0.437. The normalized spacial score (nSPS) is 11.0. The lowest BCUT2D eigenvalue weighted by atomic mass is 9.97. The highest BCUT2D eigenvalue weighted by Gasteiger charge is 2.08. The molecule has 0 heterocycles. The predicted molar refractivity (Wildman–Crippen MR) is 95.9 cm³/mol. The molecule has 0 bridgehead atoms. The number of ketones is 1. The van der Waals surface area contributed by atoms with Gasteiger partial charge in [0, 0.05) is 12.0 Å². The fourth-order valence-corrected chi connectivity index (χ4v) is 3.08. The molecular weight excluding hydrogens is 280 g/mol. The summed E-state index contributed by atoms with van der Waals surface area (Å²) in [6, 6.07) is 28.5. The van der Waals surface area contributed by atoms with E-state index in [9.17, 15) is 4.79 Å². The molecule has 0 spiro atoms. The van der Waals surface area contributed by atoms with Gasteiger partial charge in [-0.3, -0.25) is 4.79 Å². The largest absolute Gasteiger partial charge is 0.294 e.